The maximum atomic E-state index is 11.7. The number of nitrogens with two attached hydrogens (primary N) is 1. The molecule has 0 aliphatic heterocycles. The molecule has 2 rings (SSSR count). The zero-order valence-electron chi connectivity index (χ0n) is 13.9. The molecule has 0 saturated heterocycles. The molecule has 144 valence electrons. The van der Waals surface area contributed by atoms with E-state index in [0.29, 0.717) is 16.7 Å². The van der Waals surface area contributed by atoms with E-state index in [-0.39, 0.29) is 24.7 Å². The number of carbonyl (C=O) groups is 1. The highest BCUT2D eigenvalue weighted by molar-refractivity contribution is 7.89. The lowest BCUT2D eigenvalue weighted by Crippen LogP contribution is -2.12. The zero-order chi connectivity index (χ0) is 19.9. The summed E-state index contributed by atoms with van der Waals surface area (Å²) in [5.74, 6) is 0. The van der Waals surface area contributed by atoms with Gasteiger partial charge in [-0.15, -0.1) is 10.1 Å². The highest BCUT2D eigenvalue weighted by Crippen LogP contribution is 2.13. The van der Waals surface area contributed by atoms with Crippen molar-refractivity contribution in [3.63, 3.8) is 0 Å². The monoisotopic (exact) mass is 396 g/mol. The standard InChI is InChI=1S/C16H16N2O8S/c17-27(22,23)15-7-5-12(6-8-15)9-24-16(19)25-10-13-3-1-2-4-14(13)11-26-18(20)21/h1-8H,9-11H2,(H2,17,22,23). The van der Waals surface area contributed by atoms with Crippen LogP contribution in [-0.4, -0.2) is 19.7 Å². The van der Waals surface area contributed by atoms with Gasteiger partial charge in [-0.3, -0.25) is 0 Å². The van der Waals surface area contributed by atoms with Gasteiger partial charge < -0.3 is 14.3 Å². The summed E-state index contributed by atoms with van der Waals surface area (Å²) in [4.78, 5) is 26.2. The number of hydrogen-bond donors (Lipinski definition) is 1. The number of ether oxygens (including phenoxy) is 2. The van der Waals surface area contributed by atoms with Crippen molar-refractivity contribution in [2.24, 2.45) is 5.14 Å². The molecule has 0 atom stereocenters. The summed E-state index contributed by atoms with van der Waals surface area (Å²) in [5.41, 5.74) is 1.58. The molecule has 0 aromatic heterocycles. The number of benzene rings is 2. The van der Waals surface area contributed by atoms with Gasteiger partial charge >= 0.3 is 6.16 Å². The highest BCUT2D eigenvalue weighted by atomic mass is 32.2. The Morgan fingerprint density at radius 1 is 0.963 bits per heavy atom. The average molecular weight is 396 g/mol. The van der Waals surface area contributed by atoms with Gasteiger partial charge in [0, 0.05) is 0 Å². The van der Waals surface area contributed by atoms with Crippen molar-refractivity contribution < 1.29 is 32.6 Å². The zero-order valence-corrected chi connectivity index (χ0v) is 14.8. The fraction of sp³-hybridized carbons (Fsp3) is 0.188. The van der Waals surface area contributed by atoms with Crippen LogP contribution >= 0.6 is 0 Å². The van der Waals surface area contributed by atoms with E-state index in [1.165, 1.54) is 24.3 Å². The first-order valence-electron chi connectivity index (χ1n) is 7.51. The van der Waals surface area contributed by atoms with Crippen LogP contribution in [0.2, 0.25) is 0 Å². The van der Waals surface area contributed by atoms with Crippen LogP contribution < -0.4 is 5.14 Å². The minimum atomic E-state index is -3.79. The quantitative estimate of drug-likeness (QED) is 0.404. The van der Waals surface area contributed by atoms with Crippen LogP contribution in [0, 0.1) is 10.1 Å². The summed E-state index contributed by atoms with van der Waals surface area (Å²) in [5, 5.41) is 14.4. The fourth-order valence-electron chi connectivity index (χ4n) is 2.06. The molecular weight excluding hydrogens is 380 g/mol. The molecule has 0 saturated carbocycles. The molecule has 2 N–H and O–H groups in total. The third kappa shape index (κ3) is 6.56. The van der Waals surface area contributed by atoms with Crippen molar-refractivity contribution in [3.8, 4) is 0 Å². The predicted octanol–water partition coefficient (Wildman–Crippen LogP) is 1.90. The van der Waals surface area contributed by atoms with Gasteiger partial charge in [0.1, 0.15) is 19.8 Å². The van der Waals surface area contributed by atoms with E-state index < -0.39 is 21.3 Å². The van der Waals surface area contributed by atoms with Crippen LogP contribution in [0.15, 0.2) is 53.4 Å². The van der Waals surface area contributed by atoms with E-state index in [9.17, 15) is 23.3 Å². The van der Waals surface area contributed by atoms with Crippen LogP contribution in [0.5, 0.6) is 0 Å². The van der Waals surface area contributed by atoms with E-state index in [2.05, 4.69) is 4.84 Å². The first-order chi connectivity index (χ1) is 12.8. The van der Waals surface area contributed by atoms with Crippen LogP contribution in [0.1, 0.15) is 16.7 Å². The first kappa shape index (κ1) is 20.1. The van der Waals surface area contributed by atoms with Crippen molar-refractivity contribution >= 4 is 16.2 Å². The molecule has 0 fully saturated rings. The van der Waals surface area contributed by atoms with E-state index in [0.717, 1.165) is 0 Å². The second-order valence-electron chi connectivity index (χ2n) is 5.28. The second-order valence-corrected chi connectivity index (χ2v) is 6.84. The lowest BCUT2D eigenvalue weighted by atomic mass is 10.1. The second kappa shape index (κ2) is 8.96. The van der Waals surface area contributed by atoms with Crippen LogP contribution in [-0.2, 0) is 44.2 Å². The molecule has 0 spiro atoms. The van der Waals surface area contributed by atoms with E-state index in [4.69, 9.17) is 14.6 Å². The van der Waals surface area contributed by atoms with Gasteiger partial charge in [0.25, 0.3) is 5.09 Å². The van der Waals surface area contributed by atoms with E-state index in [1.54, 1.807) is 24.3 Å². The minimum absolute atomic E-state index is 0.0534. The molecule has 27 heavy (non-hydrogen) atoms. The minimum Gasteiger partial charge on any atom is -0.429 e. The molecule has 2 aromatic rings. The largest absolute Gasteiger partial charge is 0.508 e. The normalized spacial score (nSPS) is 10.9. The van der Waals surface area contributed by atoms with Gasteiger partial charge in [-0.25, -0.2) is 18.4 Å². The Kier molecular flexibility index (Phi) is 6.68. The molecule has 0 bridgehead atoms. The third-order valence-corrected chi connectivity index (χ3v) is 4.33. The first-order valence-corrected chi connectivity index (χ1v) is 9.05. The summed E-state index contributed by atoms with van der Waals surface area (Å²) < 4.78 is 32.2. The Balaban J connectivity index is 1.85. The SMILES string of the molecule is NS(=O)(=O)c1ccc(COC(=O)OCc2ccccc2CO[N+](=O)[O-])cc1. The van der Waals surface area contributed by atoms with Crippen LogP contribution in [0.4, 0.5) is 4.79 Å². The maximum absolute atomic E-state index is 11.7. The van der Waals surface area contributed by atoms with Crippen molar-refractivity contribution in [2.75, 3.05) is 0 Å². The van der Waals surface area contributed by atoms with Crippen molar-refractivity contribution in [2.45, 2.75) is 24.7 Å². The lowest BCUT2D eigenvalue weighted by Gasteiger charge is -2.10. The summed E-state index contributed by atoms with van der Waals surface area (Å²) in [6, 6.07) is 12.1. The highest BCUT2D eigenvalue weighted by Gasteiger charge is 2.10. The van der Waals surface area contributed by atoms with Crippen molar-refractivity contribution in [3.05, 3.63) is 75.3 Å². The molecule has 0 heterocycles. The molecule has 0 amide bonds. The average Bonchev–Trinajstić information content (AvgIpc) is 2.63. The Morgan fingerprint density at radius 3 is 2.07 bits per heavy atom. The Morgan fingerprint density at radius 2 is 1.52 bits per heavy atom. The smallest absolute Gasteiger partial charge is 0.429 e. The third-order valence-electron chi connectivity index (χ3n) is 3.40. The molecule has 11 heteroatoms. The Hall–Kier alpha value is -3.18. The lowest BCUT2D eigenvalue weighted by molar-refractivity contribution is -0.763. The molecule has 0 unspecified atom stereocenters. The van der Waals surface area contributed by atoms with Gasteiger partial charge in [-0.1, -0.05) is 36.4 Å². The van der Waals surface area contributed by atoms with E-state index >= 15 is 0 Å². The molecule has 10 nitrogen and oxygen atoms in total. The maximum Gasteiger partial charge on any atom is 0.508 e. The Bertz CT molecular complexity index is 912. The Labute approximate surface area is 154 Å². The number of hydrogen-bond acceptors (Lipinski definition) is 8. The summed E-state index contributed by atoms with van der Waals surface area (Å²) >= 11 is 0. The fourth-order valence-corrected chi connectivity index (χ4v) is 2.57. The van der Waals surface area contributed by atoms with Gasteiger partial charge in [-0.2, -0.15) is 0 Å². The van der Waals surface area contributed by atoms with Crippen molar-refractivity contribution in [1.29, 1.82) is 0 Å². The number of nitrogens with zero attached hydrogens (tertiary/aromatic N) is 1. The molecular formula is C16H16N2O8S. The topological polar surface area (TPSA) is 148 Å². The van der Waals surface area contributed by atoms with E-state index in [1.807, 2.05) is 0 Å². The number of sulfonamides is 1. The van der Waals surface area contributed by atoms with Crippen LogP contribution in [0.3, 0.4) is 0 Å². The predicted molar refractivity (Wildman–Crippen MR) is 91.0 cm³/mol. The number of rotatable bonds is 8. The van der Waals surface area contributed by atoms with Crippen LogP contribution in [0.25, 0.3) is 0 Å². The summed E-state index contributed by atoms with van der Waals surface area (Å²) in [6.07, 6.45) is -0.949. The molecule has 2 aromatic carbocycles. The van der Waals surface area contributed by atoms with Gasteiger partial charge in [-0.05, 0) is 28.8 Å². The number of primary sulfonamides is 1. The van der Waals surface area contributed by atoms with Gasteiger partial charge in [0.05, 0.1) is 4.90 Å². The summed E-state index contributed by atoms with van der Waals surface area (Å²) in [6.45, 7) is -0.547. The molecule has 0 aliphatic carbocycles. The van der Waals surface area contributed by atoms with Gasteiger partial charge in [0.2, 0.25) is 10.0 Å². The number of carbonyl (C=O) groups excluding carboxylic acids is 1. The van der Waals surface area contributed by atoms with Gasteiger partial charge in [0.15, 0.2) is 0 Å². The van der Waals surface area contributed by atoms with Crippen molar-refractivity contribution in [1.82, 2.24) is 0 Å². The summed E-state index contributed by atoms with van der Waals surface area (Å²) in [7, 11) is -3.79. The molecule has 0 aliphatic rings. The molecule has 0 radical (unpaired) electrons.